The van der Waals surface area contributed by atoms with Gasteiger partial charge in [-0.15, -0.1) is 18.3 Å². The van der Waals surface area contributed by atoms with Crippen LogP contribution in [0, 0.1) is 0 Å². The van der Waals surface area contributed by atoms with Crippen LogP contribution in [0.25, 0.3) is 0 Å². The van der Waals surface area contributed by atoms with Gasteiger partial charge in [-0.2, -0.15) is 0 Å². The van der Waals surface area contributed by atoms with E-state index in [0.29, 0.717) is 11.8 Å². The zero-order valence-corrected chi connectivity index (χ0v) is 13.6. The summed E-state index contributed by atoms with van der Waals surface area (Å²) in [5.74, 6) is 1.10. The summed E-state index contributed by atoms with van der Waals surface area (Å²) in [5, 5.41) is 0. The Balaban J connectivity index is 1.81. The van der Waals surface area contributed by atoms with Gasteiger partial charge in [-0.05, 0) is 43.7 Å². The zero-order chi connectivity index (χ0) is 14.7. The lowest BCUT2D eigenvalue weighted by molar-refractivity contribution is 0.559. The maximum absolute atomic E-state index is 12.6. The normalized spacial score (nSPS) is 17.4. The first-order valence-electron chi connectivity index (χ1n) is 7.31. The van der Waals surface area contributed by atoms with Crippen LogP contribution in [0.2, 0.25) is 0 Å². The minimum absolute atomic E-state index is 0.227. The molecule has 1 unspecified atom stereocenters. The molecule has 3 rings (SSSR count). The lowest BCUT2D eigenvalue weighted by atomic mass is 9.86. The number of thioether (sulfide) groups is 1. The molecule has 0 spiro atoms. The van der Waals surface area contributed by atoms with Gasteiger partial charge in [-0.1, -0.05) is 35.8 Å². The lowest BCUT2D eigenvalue weighted by Gasteiger charge is -2.19. The molecule has 1 aliphatic carbocycles. The molecule has 0 fully saturated rings. The molecule has 0 radical (unpaired) electrons. The maximum Gasteiger partial charge on any atom is 0.265 e. The van der Waals surface area contributed by atoms with Crippen molar-refractivity contribution in [1.29, 1.82) is 0 Å². The molecule has 110 valence electrons. The van der Waals surface area contributed by atoms with Gasteiger partial charge in [0.25, 0.3) is 5.56 Å². The Bertz CT molecular complexity index is 672. The molecule has 0 saturated heterocycles. The van der Waals surface area contributed by atoms with Gasteiger partial charge < -0.3 is 0 Å². The van der Waals surface area contributed by atoms with E-state index in [2.05, 4.69) is 18.7 Å². The molecule has 0 aliphatic heterocycles. The molecule has 1 aromatic carbocycles. The van der Waals surface area contributed by atoms with Gasteiger partial charge in [-0.3, -0.25) is 8.75 Å². The fourth-order valence-electron chi connectivity index (χ4n) is 2.88. The van der Waals surface area contributed by atoms with Crippen molar-refractivity contribution in [3.05, 3.63) is 63.8 Å². The Morgan fingerprint density at radius 2 is 2.19 bits per heavy atom. The molecule has 0 amide bonds. The Labute approximate surface area is 133 Å². The predicted molar refractivity (Wildman–Crippen MR) is 91.4 cm³/mol. The molecule has 0 bridgehead atoms. The number of nitrogens with zero attached hydrogens (tertiary/aromatic N) is 1. The first-order valence-corrected chi connectivity index (χ1v) is 9.07. The van der Waals surface area contributed by atoms with Gasteiger partial charge in [0.2, 0.25) is 0 Å². The molecule has 1 aromatic heterocycles. The number of hydrogen-bond donors (Lipinski definition) is 0. The van der Waals surface area contributed by atoms with E-state index >= 15 is 0 Å². The monoisotopic (exact) mass is 317 g/mol. The maximum atomic E-state index is 12.6. The summed E-state index contributed by atoms with van der Waals surface area (Å²) >= 11 is 3.38. The minimum atomic E-state index is 0.227. The second-order valence-electron chi connectivity index (χ2n) is 5.31. The van der Waals surface area contributed by atoms with E-state index in [9.17, 15) is 4.79 Å². The van der Waals surface area contributed by atoms with Gasteiger partial charge in [0, 0.05) is 15.3 Å². The van der Waals surface area contributed by atoms with Crippen molar-refractivity contribution in [1.82, 2.24) is 3.96 Å². The van der Waals surface area contributed by atoms with E-state index in [4.69, 9.17) is 0 Å². The number of fused-ring (bicyclic) bond motifs is 1. The van der Waals surface area contributed by atoms with Crippen LogP contribution in [0.4, 0.5) is 0 Å². The van der Waals surface area contributed by atoms with Crippen LogP contribution in [0.1, 0.15) is 35.6 Å². The summed E-state index contributed by atoms with van der Waals surface area (Å²) in [6.07, 6.45) is 6.24. The third-order valence-corrected chi connectivity index (χ3v) is 6.20. The number of benzene rings is 1. The van der Waals surface area contributed by atoms with Gasteiger partial charge in [0.1, 0.15) is 0 Å². The Morgan fingerprint density at radius 1 is 1.38 bits per heavy atom. The molecule has 1 atom stereocenters. The largest absolute Gasteiger partial charge is 0.268 e. The third-order valence-electron chi connectivity index (χ3n) is 3.89. The smallest absolute Gasteiger partial charge is 0.265 e. The van der Waals surface area contributed by atoms with Crippen molar-refractivity contribution < 1.29 is 0 Å². The Kier molecular flexibility index (Phi) is 4.66. The molecule has 2 nitrogen and oxygen atoms in total. The van der Waals surface area contributed by atoms with Crippen molar-refractivity contribution in [2.45, 2.75) is 42.4 Å². The molecule has 4 heteroatoms. The average Bonchev–Trinajstić information content (AvgIpc) is 2.84. The summed E-state index contributed by atoms with van der Waals surface area (Å²) < 4.78 is 1.92. The van der Waals surface area contributed by atoms with Crippen LogP contribution in [-0.4, -0.2) is 3.96 Å². The lowest BCUT2D eigenvalue weighted by Crippen LogP contribution is -2.20. The summed E-state index contributed by atoms with van der Waals surface area (Å²) in [7, 11) is 0. The van der Waals surface area contributed by atoms with E-state index < -0.39 is 0 Å². The second kappa shape index (κ2) is 6.67. The Morgan fingerprint density at radius 3 is 2.95 bits per heavy atom. The number of allylic oxidation sites excluding steroid dienone is 1. The SMILES string of the molecule is C=CCC1CCCc2sn(CSc3ccccc3)c(=O)c21. The predicted octanol–water partition coefficient (Wildman–Crippen LogP) is 4.66. The fraction of sp³-hybridized carbons (Fsp3) is 0.353. The summed E-state index contributed by atoms with van der Waals surface area (Å²) in [6, 6.07) is 10.3. The highest BCUT2D eigenvalue weighted by Gasteiger charge is 2.26. The van der Waals surface area contributed by atoms with Crippen molar-refractivity contribution in [3.8, 4) is 0 Å². The minimum Gasteiger partial charge on any atom is -0.268 e. The molecular weight excluding hydrogens is 298 g/mol. The number of aromatic nitrogens is 1. The number of hydrogen-bond acceptors (Lipinski definition) is 3. The topological polar surface area (TPSA) is 22.0 Å². The Hall–Kier alpha value is -1.26. The van der Waals surface area contributed by atoms with E-state index in [0.717, 1.165) is 24.8 Å². The first kappa shape index (κ1) is 14.7. The molecule has 0 saturated carbocycles. The van der Waals surface area contributed by atoms with E-state index in [1.165, 1.54) is 16.2 Å². The number of aryl methyl sites for hydroxylation is 1. The van der Waals surface area contributed by atoms with Crippen molar-refractivity contribution in [3.63, 3.8) is 0 Å². The molecule has 2 aromatic rings. The van der Waals surface area contributed by atoms with Gasteiger partial charge >= 0.3 is 0 Å². The summed E-state index contributed by atoms with van der Waals surface area (Å²) in [6.45, 7) is 3.83. The standard InChI is InChI=1S/C17H19NOS2/c1-2-7-13-8-6-11-15-16(13)17(19)18(21-15)12-20-14-9-4-3-5-10-14/h2-5,9-10,13H,1,6-8,11-12H2. The van der Waals surface area contributed by atoms with Gasteiger partial charge in [-0.25, -0.2) is 0 Å². The zero-order valence-electron chi connectivity index (χ0n) is 12.0. The van der Waals surface area contributed by atoms with Gasteiger partial charge in [0.05, 0.1) is 5.88 Å². The third kappa shape index (κ3) is 3.16. The molecule has 0 N–H and O–H groups in total. The van der Waals surface area contributed by atoms with Crippen molar-refractivity contribution >= 4 is 23.3 Å². The van der Waals surface area contributed by atoms with Crippen LogP contribution < -0.4 is 5.56 Å². The molecule has 1 heterocycles. The molecular formula is C17H19NOS2. The summed E-state index contributed by atoms with van der Waals surface area (Å²) in [5.41, 5.74) is 1.30. The van der Waals surface area contributed by atoms with Crippen molar-refractivity contribution in [2.24, 2.45) is 0 Å². The quantitative estimate of drug-likeness (QED) is 0.591. The van der Waals surface area contributed by atoms with Crippen LogP contribution in [0.3, 0.4) is 0 Å². The van der Waals surface area contributed by atoms with Gasteiger partial charge in [0.15, 0.2) is 0 Å². The van der Waals surface area contributed by atoms with E-state index in [-0.39, 0.29) is 5.56 Å². The molecule has 1 aliphatic rings. The molecule has 21 heavy (non-hydrogen) atoms. The van der Waals surface area contributed by atoms with Crippen LogP contribution >= 0.6 is 23.3 Å². The van der Waals surface area contributed by atoms with Crippen molar-refractivity contribution in [2.75, 3.05) is 0 Å². The fourth-order valence-corrected chi connectivity index (χ4v) is 5.02. The average molecular weight is 317 g/mol. The summed E-state index contributed by atoms with van der Waals surface area (Å²) in [4.78, 5) is 15.2. The van der Waals surface area contributed by atoms with Crippen LogP contribution in [-0.2, 0) is 12.3 Å². The number of rotatable bonds is 5. The highest BCUT2D eigenvalue weighted by molar-refractivity contribution is 7.98. The van der Waals surface area contributed by atoms with E-state index in [1.807, 2.05) is 28.2 Å². The highest BCUT2D eigenvalue weighted by atomic mass is 32.2. The highest BCUT2D eigenvalue weighted by Crippen LogP contribution is 2.35. The van der Waals surface area contributed by atoms with Crippen LogP contribution in [0.15, 0.2) is 52.7 Å². The second-order valence-corrected chi connectivity index (χ2v) is 7.45. The van der Waals surface area contributed by atoms with Crippen LogP contribution in [0.5, 0.6) is 0 Å². The van der Waals surface area contributed by atoms with E-state index in [1.54, 1.807) is 23.3 Å². The first-order chi connectivity index (χ1) is 10.3.